The molecule has 1 atom stereocenters. The molecular weight excluding hydrogens is 231 g/mol. The lowest BCUT2D eigenvalue weighted by atomic mass is 10.1. The zero-order chi connectivity index (χ0) is 12.7. The predicted octanol–water partition coefficient (Wildman–Crippen LogP) is 4.05. The average molecular weight is 249 g/mol. The van der Waals surface area contributed by atoms with Gasteiger partial charge in [0.15, 0.2) is 0 Å². The summed E-state index contributed by atoms with van der Waals surface area (Å²) in [7, 11) is 0. The van der Waals surface area contributed by atoms with Gasteiger partial charge in [0.05, 0.1) is 12.3 Å². The van der Waals surface area contributed by atoms with Crippen molar-refractivity contribution in [3.8, 4) is 0 Å². The Morgan fingerprint density at radius 2 is 2.18 bits per heavy atom. The second-order valence-electron chi connectivity index (χ2n) is 4.03. The highest BCUT2D eigenvalue weighted by atomic mass is 19.4. The van der Waals surface area contributed by atoms with Crippen LogP contribution in [-0.4, -0.2) is 12.7 Å². The Morgan fingerprint density at radius 3 is 2.71 bits per heavy atom. The zero-order valence-corrected chi connectivity index (χ0v) is 9.89. The summed E-state index contributed by atoms with van der Waals surface area (Å²) in [5, 5.41) is 3.20. The Balaban J connectivity index is 2.42. The maximum atomic E-state index is 12.1. The van der Waals surface area contributed by atoms with Crippen LogP contribution < -0.4 is 5.32 Å². The minimum Gasteiger partial charge on any atom is -0.468 e. The van der Waals surface area contributed by atoms with E-state index in [1.807, 2.05) is 6.92 Å². The van der Waals surface area contributed by atoms with Crippen molar-refractivity contribution in [2.75, 3.05) is 6.54 Å². The Labute approximate surface area is 99.2 Å². The normalized spacial score (nSPS) is 13.9. The molecule has 1 rings (SSSR count). The molecule has 1 aromatic rings. The minimum atomic E-state index is -4.07. The largest absolute Gasteiger partial charge is 0.468 e. The molecule has 0 bridgehead atoms. The Kier molecular flexibility index (Phi) is 5.55. The first-order valence-corrected chi connectivity index (χ1v) is 5.86. The van der Waals surface area contributed by atoms with Crippen LogP contribution in [0.2, 0.25) is 0 Å². The van der Waals surface area contributed by atoms with Gasteiger partial charge in [0.1, 0.15) is 5.76 Å². The van der Waals surface area contributed by atoms with Crippen molar-refractivity contribution in [3.05, 3.63) is 24.2 Å². The van der Waals surface area contributed by atoms with Crippen molar-refractivity contribution in [1.82, 2.24) is 5.32 Å². The number of nitrogens with one attached hydrogen (secondary N) is 1. The van der Waals surface area contributed by atoms with Gasteiger partial charge in [-0.2, -0.15) is 13.2 Å². The lowest BCUT2D eigenvalue weighted by Crippen LogP contribution is -2.22. The SMILES string of the molecule is CCCNC(CCCC(F)(F)F)c1ccco1. The molecule has 1 unspecified atom stereocenters. The monoisotopic (exact) mass is 249 g/mol. The summed E-state index contributed by atoms with van der Waals surface area (Å²) in [6.45, 7) is 2.79. The predicted molar refractivity (Wildman–Crippen MR) is 59.6 cm³/mol. The molecule has 0 amide bonds. The first kappa shape index (κ1) is 14.1. The number of alkyl halides is 3. The van der Waals surface area contributed by atoms with Gasteiger partial charge in [-0.15, -0.1) is 0 Å². The molecule has 0 saturated carbocycles. The molecule has 1 aromatic heterocycles. The fourth-order valence-corrected chi connectivity index (χ4v) is 1.66. The molecule has 0 aliphatic heterocycles. The van der Waals surface area contributed by atoms with E-state index < -0.39 is 12.6 Å². The van der Waals surface area contributed by atoms with Crippen LogP contribution in [-0.2, 0) is 0 Å². The standard InChI is InChI=1S/C12H18F3NO/c1-2-8-16-10(11-6-4-9-17-11)5-3-7-12(13,14)15/h4,6,9-10,16H,2-3,5,7-8H2,1H3. The molecule has 17 heavy (non-hydrogen) atoms. The molecule has 98 valence electrons. The van der Waals surface area contributed by atoms with E-state index >= 15 is 0 Å². The maximum absolute atomic E-state index is 12.1. The number of hydrogen-bond acceptors (Lipinski definition) is 2. The molecule has 1 N–H and O–H groups in total. The van der Waals surface area contributed by atoms with Crippen LogP contribution in [0.4, 0.5) is 13.2 Å². The highest BCUT2D eigenvalue weighted by Crippen LogP contribution is 2.26. The van der Waals surface area contributed by atoms with Gasteiger partial charge in [-0.3, -0.25) is 0 Å². The van der Waals surface area contributed by atoms with Gasteiger partial charge in [-0.1, -0.05) is 6.92 Å². The van der Waals surface area contributed by atoms with E-state index in [4.69, 9.17) is 4.42 Å². The molecule has 5 heteroatoms. The smallest absolute Gasteiger partial charge is 0.389 e. The van der Waals surface area contributed by atoms with Crippen LogP contribution in [0.5, 0.6) is 0 Å². The van der Waals surface area contributed by atoms with E-state index in [1.165, 1.54) is 0 Å². The maximum Gasteiger partial charge on any atom is 0.389 e. The second kappa shape index (κ2) is 6.69. The minimum absolute atomic E-state index is 0.117. The van der Waals surface area contributed by atoms with Gasteiger partial charge in [0, 0.05) is 6.42 Å². The lowest BCUT2D eigenvalue weighted by Gasteiger charge is -2.16. The summed E-state index contributed by atoms with van der Waals surface area (Å²) < 4.78 is 41.4. The Morgan fingerprint density at radius 1 is 1.41 bits per heavy atom. The number of rotatable bonds is 7. The topological polar surface area (TPSA) is 25.2 Å². The molecule has 0 fully saturated rings. The van der Waals surface area contributed by atoms with Crippen molar-refractivity contribution in [3.63, 3.8) is 0 Å². The van der Waals surface area contributed by atoms with E-state index in [2.05, 4.69) is 5.32 Å². The first-order chi connectivity index (χ1) is 8.03. The van der Waals surface area contributed by atoms with Gasteiger partial charge in [0.2, 0.25) is 0 Å². The summed E-state index contributed by atoms with van der Waals surface area (Å²) >= 11 is 0. The zero-order valence-electron chi connectivity index (χ0n) is 9.89. The van der Waals surface area contributed by atoms with Crippen LogP contribution in [0.3, 0.4) is 0 Å². The van der Waals surface area contributed by atoms with Gasteiger partial charge >= 0.3 is 6.18 Å². The molecule has 0 aliphatic carbocycles. The summed E-state index contributed by atoms with van der Waals surface area (Å²) in [4.78, 5) is 0. The molecule has 1 heterocycles. The van der Waals surface area contributed by atoms with Gasteiger partial charge < -0.3 is 9.73 Å². The van der Waals surface area contributed by atoms with Crippen LogP contribution in [0, 0.1) is 0 Å². The van der Waals surface area contributed by atoms with E-state index in [1.54, 1.807) is 18.4 Å². The Hall–Kier alpha value is -0.970. The third-order valence-electron chi connectivity index (χ3n) is 2.48. The van der Waals surface area contributed by atoms with Crippen molar-refractivity contribution >= 4 is 0 Å². The quantitative estimate of drug-likeness (QED) is 0.788. The molecular formula is C12H18F3NO. The summed E-state index contributed by atoms with van der Waals surface area (Å²) in [6, 6.07) is 3.42. The van der Waals surface area contributed by atoms with Crippen LogP contribution in [0.15, 0.2) is 22.8 Å². The van der Waals surface area contributed by atoms with Crippen LogP contribution >= 0.6 is 0 Å². The lowest BCUT2D eigenvalue weighted by molar-refractivity contribution is -0.135. The highest BCUT2D eigenvalue weighted by Gasteiger charge is 2.27. The van der Waals surface area contributed by atoms with Gasteiger partial charge in [0.25, 0.3) is 0 Å². The number of furan rings is 1. The summed E-state index contributed by atoms with van der Waals surface area (Å²) in [6.07, 6.45) is -1.77. The van der Waals surface area contributed by atoms with Crippen molar-refractivity contribution in [2.24, 2.45) is 0 Å². The fourth-order valence-electron chi connectivity index (χ4n) is 1.66. The van der Waals surface area contributed by atoms with E-state index in [0.29, 0.717) is 12.2 Å². The molecule has 0 spiro atoms. The van der Waals surface area contributed by atoms with Crippen LogP contribution in [0.25, 0.3) is 0 Å². The second-order valence-corrected chi connectivity index (χ2v) is 4.03. The van der Waals surface area contributed by atoms with E-state index in [-0.39, 0.29) is 12.5 Å². The van der Waals surface area contributed by atoms with Gasteiger partial charge in [-0.05, 0) is 37.9 Å². The van der Waals surface area contributed by atoms with E-state index in [9.17, 15) is 13.2 Å². The van der Waals surface area contributed by atoms with Crippen LogP contribution in [0.1, 0.15) is 44.4 Å². The van der Waals surface area contributed by atoms with Crippen molar-refractivity contribution in [2.45, 2.75) is 44.8 Å². The van der Waals surface area contributed by atoms with Crippen molar-refractivity contribution < 1.29 is 17.6 Å². The third-order valence-corrected chi connectivity index (χ3v) is 2.48. The Bertz CT molecular complexity index is 295. The summed E-state index contributed by atoms with van der Waals surface area (Å²) in [5.41, 5.74) is 0. The molecule has 2 nitrogen and oxygen atoms in total. The van der Waals surface area contributed by atoms with E-state index in [0.717, 1.165) is 13.0 Å². The average Bonchev–Trinajstić information content (AvgIpc) is 2.74. The van der Waals surface area contributed by atoms with Crippen molar-refractivity contribution in [1.29, 1.82) is 0 Å². The molecule has 0 saturated heterocycles. The summed E-state index contributed by atoms with van der Waals surface area (Å²) in [5.74, 6) is 0.709. The highest BCUT2D eigenvalue weighted by molar-refractivity contribution is 5.04. The first-order valence-electron chi connectivity index (χ1n) is 5.86. The molecule has 0 aromatic carbocycles. The fraction of sp³-hybridized carbons (Fsp3) is 0.667. The van der Waals surface area contributed by atoms with Gasteiger partial charge in [-0.25, -0.2) is 0 Å². The molecule has 0 aliphatic rings. The third kappa shape index (κ3) is 5.77. The number of halogens is 3. The number of hydrogen-bond donors (Lipinski definition) is 1. The molecule has 0 radical (unpaired) electrons.